The van der Waals surface area contributed by atoms with Crippen molar-refractivity contribution in [1.82, 2.24) is 10.2 Å². The molecule has 0 heterocycles. The van der Waals surface area contributed by atoms with Crippen LogP contribution in [0.4, 0.5) is 0 Å². The summed E-state index contributed by atoms with van der Waals surface area (Å²) in [5, 5.41) is 22.5. The zero-order valence-corrected chi connectivity index (χ0v) is 41.3. The van der Waals surface area contributed by atoms with Crippen molar-refractivity contribution in [3.05, 3.63) is 12.2 Å². The number of unbranched alkanes of at least 4 members (excludes halogenated alkanes) is 25. The average Bonchev–Trinajstić information content (AvgIpc) is 3.27. The first kappa shape index (κ1) is 60.0. The number of ether oxygens (including phenoxy) is 2. The second-order valence-corrected chi connectivity index (χ2v) is 18.3. The minimum atomic E-state index is -1.04. The van der Waals surface area contributed by atoms with Crippen LogP contribution in [0.5, 0.6) is 0 Å². The summed E-state index contributed by atoms with van der Waals surface area (Å²) in [4.78, 5) is 39.9. The van der Waals surface area contributed by atoms with Gasteiger partial charge in [-0.05, 0) is 103 Å². The molecule has 2 unspecified atom stereocenters. The molecule has 0 aliphatic carbocycles. The Balaban J connectivity index is 4.60. The van der Waals surface area contributed by atoms with Crippen LogP contribution in [-0.2, 0) is 23.9 Å². The summed E-state index contributed by atoms with van der Waals surface area (Å²) in [6, 6.07) is 0. The molecule has 0 radical (unpaired) electrons. The van der Waals surface area contributed by atoms with Crippen molar-refractivity contribution in [2.45, 2.75) is 277 Å². The lowest BCUT2D eigenvalue weighted by Gasteiger charge is -2.22. The first-order valence-electron chi connectivity index (χ1n) is 26.7. The predicted molar refractivity (Wildman–Crippen MR) is 260 cm³/mol. The second-order valence-electron chi connectivity index (χ2n) is 18.3. The molecule has 0 fully saturated rings. The van der Waals surface area contributed by atoms with E-state index in [4.69, 9.17) is 9.47 Å². The van der Waals surface area contributed by atoms with Crippen LogP contribution in [0, 0.1) is 0 Å². The first-order chi connectivity index (χ1) is 30.3. The number of esters is 2. The van der Waals surface area contributed by atoms with Crippen molar-refractivity contribution in [3.63, 3.8) is 0 Å². The molecule has 0 saturated carbocycles. The number of nitrogens with zero attached hydrogens (tertiary/aromatic N) is 1. The molecule has 0 spiro atoms. The van der Waals surface area contributed by atoms with E-state index in [0.29, 0.717) is 32.4 Å². The molecular weight excluding hydrogens is 777 g/mol. The van der Waals surface area contributed by atoms with Gasteiger partial charge in [0.05, 0.1) is 18.8 Å². The zero-order valence-electron chi connectivity index (χ0n) is 41.3. The van der Waals surface area contributed by atoms with Gasteiger partial charge >= 0.3 is 11.9 Å². The summed E-state index contributed by atoms with van der Waals surface area (Å²) < 4.78 is 11.6. The highest BCUT2D eigenvalue weighted by molar-refractivity contribution is 5.87. The molecule has 0 saturated heterocycles. The fourth-order valence-corrected chi connectivity index (χ4v) is 8.02. The number of hydrogen-bond acceptors (Lipinski definition) is 8. The van der Waals surface area contributed by atoms with Gasteiger partial charge in [0.15, 0.2) is 0 Å². The molecule has 2 atom stereocenters. The molecule has 0 aromatic rings. The number of aliphatic hydroxyl groups excluding tert-OH is 2. The maximum atomic E-state index is 12.9. The highest BCUT2D eigenvalue weighted by Gasteiger charge is 2.15. The fraction of sp³-hybridized carbons (Fsp3) is 0.906. The van der Waals surface area contributed by atoms with Gasteiger partial charge in [-0.15, -0.1) is 0 Å². The molecule has 9 heteroatoms. The van der Waals surface area contributed by atoms with Crippen molar-refractivity contribution in [3.8, 4) is 0 Å². The average molecular weight is 879 g/mol. The van der Waals surface area contributed by atoms with E-state index in [1.807, 2.05) is 0 Å². The molecule has 0 aromatic carbocycles. The monoisotopic (exact) mass is 879 g/mol. The molecule has 0 aliphatic heterocycles. The summed E-state index contributed by atoms with van der Waals surface area (Å²) in [6.45, 7) is 12.6. The molecule has 62 heavy (non-hydrogen) atoms. The minimum Gasteiger partial charge on any atom is -0.466 e. The SMILES string of the molecule is CCCCCCCCCCCOC(=O)CCCCCN(CCCCCCCC(=O)OC(CCCCCCCC)CCCCCCCC)CCCCNC(=O)/C=C/C(O)C(O)CC. The van der Waals surface area contributed by atoms with Crippen molar-refractivity contribution < 1.29 is 34.1 Å². The molecular formula is C53H102N2O7. The van der Waals surface area contributed by atoms with E-state index in [0.717, 1.165) is 122 Å². The van der Waals surface area contributed by atoms with Gasteiger partial charge in [0.1, 0.15) is 6.10 Å². The Labute approximate surface area is 383 Å². The Hall–Kier alpha value is -1.97. The Morgan fingerprint density at radius 2 is 0.935 bits per heavy atom. The van der Waals surface area contributed by atoms with E-state index in [1.54, 1.807) is 6.92 Å². The third-order valence-electron chi connectivity index (χ3n) is 12.2. The predicted octanol–water partition coefficient (Wildman–Crippen LogP) is 13.3. The third-order valence-corrected chi connectivity index (χ3v) is 12.2. The zero-order chi connectivity index (χ0) is 45.6. The molecule has 0 aliphatic rings. The van der Waals surface area contributed by atoms with Crippen LogP contribution in [0.25, 0.3) is 0 Å². The van der Waals surface area contributed by atoms with Gasteiger partial charge in [-0.25, -0.2) is 0 Å². The lowest BCUT2D eigenvalue weighted by atomic mass is 10.0. The maximum absolute atomic E-state index is 12.9. The summed E-state index contributed by atoms with van der Waals surface area (Å²) >= 11 is 0. The van der Waals surface area contributed by atoms with E-state index in [-0.39, 0.29) is 23.9 Å². The van der Waals surface area contributed by atoms with Gasteiger partial charge in [-0.2, -0.15) is 0 Å². The van der Waals surface area contributed by atoms with E-state index >= 15 is 0 Å². The number of aliphatic hydroxyl groups is 2. The van der Waals surface area contributed by atoms with Gasteiger partial charge in [0.25, 0.3) is 0 Å². The van der Waals surface area contributed by atoms with E-state index in [9.17, 15) is 24.6 Å². The van der Waals surface area contributed by atoms with Gasteiger partial charge in [-0.1, -0.05) is 169 Å². The van der Waals surface area contributed by atoms with Crippen LogP contribution in [-0.4, -0.2) is 84.1 Å². The van der Waals surface area contributed by atoms with Crippen molar-refractivity contribution in [2.24, 2.45) is 0 Å². The molecule has 366 valence electrons. The Morgan fingerprint density at radius 1 is 0.516 bits per heavy atom. The third kappa shape index (κ3) is 42.0. The van der Waals surface area contributed by atoms with E-state index < -0.39 is 12.2 Å². The van der Waals surface area contributed by atoms with Gasteiger partial charge in [-0.3, -0.25) is 14.4 Å². The summed E-state index contributed by atoms with van der Waals surface area (Å²) in [5.41, 5.74) is 0. The van der Waals surface area contributed by atoms with Crippen LogP contribution < -0.4 is 5.32 Å². The van der Waals surface area contributed by atoms with Crippen molar-refractivity contribution >= 4 is 17.8 Å². The van der Waals surface area contributed by atoms with Crippen LogP contribution in [0.1, 0.15) is 259 Å². The van der Waals surface area contributed by atoms with Gasteiger partial charge < -0.3 is 29.9 Å². The second kappa shape index (κ2) is 47.0. The van der Waals surface area contributed by atoms with E-state index in [1.165, 1.54) is 121 Å². The Morgan fingerprint density at radius 3 is 1.45 bits per heavy atom. The lowest BCUT2D eigenvalue weighted by Crippen LogP contribution is -2.29. The summed E-state index contributed by atoms with van der Waals surface area (Å²) in [6.07, 6.45) is 40.8. The number of amides is 1. The molecule has 0 aromatic heterocycles. The number of carbonyl (C=O) groups excluding carboxylic acids is 3. The van der Waals surface area contributed by atoms with Crippen molar-refractivity contribution in [1.29, 1.82) is 0 Å². The van der Waals surface area contributed by atoms with Crippen LogP contribution in [0.2, 0.25) is 0 Å². The van der Waals surface area contributed by atoms with Gasteiger partial charge in [0.2, 0.25) is 5.91 Å². The molecule has 3 N–H and O–H groups in total. The quantitative estimate of drug-likeness (QED) is 0.0313. The first-order valence-corrected chi connectivity index (χ1v) is 26.7. The number of hydrogen-bond donors (Lipinski definition) is 3. The topological polar surface area (TPSA) is 125 Å². The molecule has 9 nitrogen and oxygen atoms in total. The van der Waals surface area contributed by atoms with Crippen LogP contribution in [0.3, 0.4) is 0 Å². The standard InChI is InChI=1S/C53H102N2O7/c1-5-9-12-15-18-19-20-26-36-47-61-52(59)39-31-27-34-45-55(46-35-32-43-54-51(58)42-41-50(57)49(56)8-4)44-33-25-21-24-30-40-53(60)62-48(37-28-22-16-13-10-6-2)38-29-23-17-14-11-7-3/h41-42,48-50,56-57H,5-40,43-47H2,1-4H3,(H,54,58)/b42-41+. The minimum absolute atomic E-state index is 0.00898. The van der Waals surface area contributed by atoms with Gasteiger partial charge in [0, 0.05) is 25.5 Å². The van der Waals surface area contributed by atoms with E-state index in [2.05, 4.69) is 31.0 Å². The van der Waals surface area contributed by atoms with Crippen molar-refractivity contribution in [2.75, 3.05) is 32.8 Å². The molecule has 0 bridgehead atoms. The highest BCUT2D eigenvalue weighted by Crippen LogP contribution is 2.19. The maximum Gasteiger partial charge on any atom is 0.306 e. The fourth-order valence-electron chi connectivity index (χ4n) is 8.02. The van der Waals surface area contributed by atoms with Crippen LogP contribution >= 0.6 is 0 Å². The lowest BCUT2D eigenvalue weighted by molar-refractivity contribution is -0.150. The molecule has 1 amide bonds. The smallest absolute Gasteiger partial charge is 0.306 e. The largest absolute Gasteiger partial charge is 0.466 e. The normalized spacial score (nSPS) is 12.7. The summed E-state index contributed by atoms with van der Waals surface area (Å²) in [7, 11) is 0. The highest BCUT2D eigenvalue weighted by atomic mass is 16.5. The Bertz CT molecular complexity index is 1010. The number of nitrogens with one attached hydrogen (secondary N) is 1. The van der Waals surface area contributed by atoms with Crippen LogP contribution in [0.15, 0.2) is 12.2 Å². The Kier molecular flexibility index (Phi) is 45.5. The summed E-state index contributed by atoms with van der Waals surface area (Å²) in [5.74, 6) is -0.334. The molecule has 0 rings (SSSR count). The number of carbonyl (C=O) groups is 3. The number of rotatable bonds is 48.